The van der Waals surface area contributed by atoms with Crippen LogP contribution in [0.4, 0.5) is 0 Å². The van der Waals surface area contributed by atoms with Gasteiger partial charge in [-0.1, -0.05) is 12.2 Å². The average molecular weight is 371 g/mol. The summed E-state index contributed by atoms with van der Waals surface area (Å²) in [6, 6.07) is 6.11. The maximum absolute atomic E-state index is 12.8. The Hall–Kier alpha value is -2.34. The van der Waals surface area contributed by atoms with Crippen LogP contribution in [0.3, 0.4) is 0 Å². The minimum Gasteiger partial charge on any atom is -0.497 e. The van der Waals surface area contributed by atoms with Crippen molar-refractivity contribution in [2.75, 3.05) is 27.4 Å². The lowest BCUT2D eigenvalue weighted by Gasteiger charge is -2.27. The number of allylic oxidation sites excluding steroid dienone is 2. The van der Waals surface area contributed by atoms with Crippen LogP contribution in [0.1, 0.15) is 37.3 Å². The molecule has 1 unspecified atom stereocenters. The molecule has 3 aliphatic rings. The van der Waals surface area contributed by atoms with E-state index in [0.29, 0.717) is 19.5 Å². The first-order valence-corrected chi connectivity index (χ1v) is 9.70. The quantitative estimate of drug-likeness (QED) is 0.627. The Labute approximate surface area is 159 Å². The number of imide groups is 1. The summed E-state index contributed by atoms with van der Waals surface area (Å²) in [4.78, 5) is 28.4. The van der Waals surface area contributed by atoms with E-state index < -0.39 is 0 Å². The van der Waals surface area contributed by atoms with Gasteiger partial charge in [-0.05, 0) is 25.0 Å². The molecule has 1 aromatic rings. The molecule has 4 atom stereocenters. The third-order valence-corrected chi connectivity index (χ3v) is 6.26. The van der Waals surface area contributed by atoms with Crippen LogP contribution in [-0.2, 0) is 9.59 Å². The second-order valence-corrected chi connectivity index (χ2v) is 7.63. The van der Waals surface area contributed by atoms with E-state index in [4.69, 9.17) is 9.47 Å². The number of nitrogens with one attached hydrogen (secondary N) is 1. The lowest BCUT2D eigenvalue weighted by atomic mass is 9.85. The minimum absolute atomic E-state index is 0.00851. The second-order valence-electron chi connectivity index (χ2n) is 7.63. The third kappa shape index (κ3) is 3.12. The van der Waals surface area contributed by atoms with Crippen LogP contribution >= 0.6 is 0 Å². The molecule has 6 heteroatoms. The Morgan fingerprint density at radius 2 is 1.78 bits per heavy atom. The first-order chi connectivity index (χ1) is 13.1. The van der Waals surface area contributed by atoms with E-state index in [0.717, 1.165) is 36.4 Å². The van der Waals surface area contributed by atoms with Crippen LogP contribution in [0.5, 0.6) is 11.5 Å². The fourth-order valence-corrected chi connectivity index (χ4v) is 4.81. The van der Waals surface area contributed by atoms with Gasteiger partial charge in [0.05, 0.1) is 38.2 Å². The van der Waals surface area contributed by atoms with Crippen molar-refractivity contribution < 1.29 is 24.0 Å². The van der Waals surface area contributed by atoms with E-state index in [9.17, 15) is 9.59 Å². The van der Waals surface area contributed by atoms with E-state index in [2.05, 4.69) is 0 Å². The summed E-state index contributed by atoms with van der Waals surface area (Å²) in [5.41, 5.74) is 1.11. The molecule has 1 aromatic carbocycles. The molecule has 2 amide bonds. The van der Waals surface area contributed by atoms with Gasteiger partial charge in [0.25, 0.3) is 0 Å². The number of nitrogens with zero attached hydrogens (tertiary/aromatic N) is 1. The lowest BCUT2D eigenvalue weighted by molar-refractivity contribution is -0.925. The van der Waals surface area contributed by atoms with Crippen molar-refractivity contribution in [3.63, 3.8) is 0 Å². The maximum atomic E-state index is 12.8. The van der Waals surface area contributed by atoms with Gasteiger partial charge in [0.15, 0.2) is 6.67 Å². The van der Waals surface area contributed by atoms with Gasteiger partial charge in [-0.25, -0.2) is 4.90 Å². The molecule has 144 valence electrons. The molecular weight excluding hydrogens is 344 g/mol. The molecule has 0 spiro atoms. The number of hydrogen-bond acceptors (Lipinski definition) is 4. The van der Waals surface area contributed by atoms with Gasteiger partial charge in [-0.15, -0.1) is 0 Å². The number of rotatable bonds is 5. The number of ether oxygens (including phenoxy) is 2. The fraction of sp³-hybridized carbons (Fsp3) is 0.524. The summed E-state index contributed by atoms with van der Waals surface area (Å²) in [5, 5.41) is 0. The summed E-state index contributed by atoms with van der Waals surface area (Å²) < 4.78 is 10.9. The third-order valence-electron chi connectivity index (χ3n) is 6.26. The van der Waals surface area contributed by atoms with Crippen LogP contribution in [0.2, 0.25) is 0 Å². The maximum Gasteiger partial charge on any atom is 0.237 e. The van der Waals surface area contributed by atoms with Crippen molar-refractivity contribution >= 4 is 11.8 Å². The first kappa shape index (κ1) is 18.0. The van der Waals surface area contributed by atoms with E-state index in [1.54, 1.807) is 14.2 Å². The standard InChI is InChI=1S/C21H26N2O4/c1-26-14-9-10-17(19(12-14)27-2)18-8-5-11-22(18)13-23-20(24)15-6-3-4-7-16(15)21(23)25/h3-4,9-10,12,15-16,18H,5-8,11,13H2,1-2H3/p+1/t15-,16+,18-/m0/s1. The van der Waals surface area contributed by atoms with Gasteiger partial charge in [0, 0.05) is 18.9 Å². The molecular formula is C21H27N2O4+. The number of fused-ring (bicyclic) bond motifs is 1. The van der Waals surface area contributed by atoms with E-state index >= 15 is 0 Å². The zero-order valence-electron chi connectivity index (χ0n) is 15.9. The predicted octanol–water partition coefficient (Wildman–Crippen LogP) is 1.33. The normalized spacial score (nSPS) is 29.9. The molecule has 27 heavy (non-hydrogen) atoms. The van der Waals surface area contributed by atoms with Gasteiger partial charge < -0.3 is 14.4 Å². The van der Waals surface area contributed by atoms with Gasteiger partial charge >= 0.3 is 0 Å². The summed E-state index contributed by atoms with van der Waals surface area (Å²) in [6.07, 6.45) is 7.53. The largest absolute Gasteiger partial charge is 0.497 e. The first-order valence-electron chi connectivity index (χ1n) is 9.70. The number of methoxy groups -OCH3 is 2. The van der Waals surface area contributed by atoms with Crippen LogP contribution in [0.15, 0.2) is 30.4 Å². The van der Waals surface area contributed by atoms with Crippen molar-refractivity contribution in [2.45, 2.75) is 31.7 Å². The molecule has 0 saturated carbocycles. The molecule has 4 rings (SSSR count). The van der Waals surface area contributed by atoms with Gasteiger partial charge in [-0.3, -0.25) is 9.59 Å². The predicted molar refractivity (Wildman–Crippen MR) is 99.4 cm³/mol. The van der Waals surface area contributed by atoms with Crippen molar-refractivity contribution in [3.05, 3.63) is 35.9 Å². The average Bonchev–Trinajstić information content (AvgIpc) is 3.26. The van der Waals surface area contributed by atoms with Gasteiger partial charge in [0.2, 0.25) is 11.8 Å². The fourth-order valence-electron chi connectivity index (χ4n) is 4.81. The number of amides is 2. The highest BCUT2D eigenvalue weighted by Gasteiger charge is 2.49. The zero-order valence-corrected chi connectivity index (χ0v) is 15.9. The summed E-state index contributed by atoms with van der Waals surface area (Å²) in [6.45, 7) is 1.40. The summed E-state index contributed by atoms with van der Waals surface area (Å²) in [7, 11) is 3.30. The Bertz CT molecular complexity index is 749. The number of hydrogen-bond donors (Lipinski definition) is 1. The van der Waals surface area contributed by atoms with Crippen molar-refractivity contribution in [1.29, 1.82) is 0 Å². The van der Waals surface area contributed by atoms with Crippen molar-refractivity contribution in [1.82, 2.24) is 4.90 Å². The smallest absolute Gasteiger partial charge is 0.237 e. The number of likely N-dealkylation sites (tertiary alicyclic amines) is 2. The monoisotopic (exact) mass is 371 g/mol. The van der Waals surface area contributed by atoms with Crippen LogP contribution in [-0.4, -0.2) is 44.1 Å². The highest BCUT2D eigenvalue weighted by molar-refractivity contribution is 6.05. The number of carbonyl (C=O) groups is 2. The van der Waals surface area contributed by atoms with Gasteiger partial charge in [-0.2, -0.15) is 0 Å². The van der Waals surface area contributed by atoms with Crippen LogP contribution in [0, 0.1) is 11.8 Å². The van der Waals surface area contributed by atoms with Crippen molar-refractivity contribution in [2.24, 2.45) is 11.8 Å². The highest BCUT2D eigenvalue weighted by atomic mass is 16.5. The minimum atomic E-state index is -0.154. The molecule has 2 heterocycles. The molecule has 6 nitrogen and oxygen atoms in total. The van der Waals surface area contributed by atoms with E-state index in [1.165, 1.54) is 9.80 Å². The zero-order chi connectivity index (χ0) is 19.0. The molecule has 2 aliphatic heterocycles. The Balaban J connectivity index is 1.54. The molecule has 0 bridgehead atoms. The Kier molecular flexibility index (Phi) is 4.91. The van der Waals surface area contributed by atoms with Crippen molar-refractivity contribution in [3.8, 4) is 11.5 Å². The van der Waals surface area contributed by atoms with E-state index in [-0.39, 0.29) is 29.7 Å². The Morgan fingerprint density at radius 3 is 2.41 bits per heavy atom. The summed E-state index contributed by atoms with van der Waals surface area (Å²) >= 11 is 0. The molecule has 0 aromatic heterocycles. The number of quaternary nitrogens is 1. The second kappa shape index (κ2) is 7.35. The van der Waals surface area contributed by atoms with Crippen LogP contribution in [0.25, 0.3) is 0 Å². The number of benzene rings is 1. The highest BCUT2D eigenvalue weighted by Crippen LogP contribution is 2.35. The summed E-state index contributed by atoms with van der Waals surface area (Å²) in [5.74, 6) is 1.27. The Morgan fingerprint density at radius 1 is 1.07 bits per heavy atom. The SMILES string of the molecule is COc1ccc([C@@H]2CCC[NH+]2CN2C(=O)[C@H]3CC=CC[C@H]3C2=O)c(OC)c1. The van der Waals surface area contributed by atoms with E-state index in [1.807, 2.05) is 30.4 Å². The molecule has 2 saturated heterocycles. The topological polar surface area (TPSA) is 60.3 Å². The molecule has 1 N–H and O–H groups in total. The molecule has 0 radical (unpaired) electrons. The lowest BCUT2D eigenvalue weighted by Crippen LogP contribution is -3.12. The molecule has 2 fully saturated rings. The number of carbonyl (C=O) groups excluding carboxylic acids is 2. The van der Waals surface area contributed by atoms with Crippen LogP contribution < -0.4 is 14.4 Å². The molecule has 1 aliphatic carbocycles. The van der Waals surface area contributed by atoms with Gasteiger partial charge in [0.1, 0.15) is 17.5 Å².